The van der Waals surface area contributed by atoms with Crippen molar-refractivity contribution in [3.05, 3.63) is 29.8 Å². The normalized spacial score (nSPS) is 12.9. The third kappa shape index (κ3) is 5.22. The third-order valence-electron chi connectivity index (χ3n) is 3.06. The van der Waals surface area contributed by atoms with E-state index in [9.17, 15) is 14.4 Å². The van der Waals surface area contributed by atoms with Crippen molar-refractivity contribution in [3.8, 4) is 11.8 Å². The van der Waals surface area contributed by atoms with Gasteiger partial charge >= 0.3 is 0 Å². The maximum absolute atomic E-state index is 12.2. The first-order valence-electron chi connectivity index (χ1n) is 7.27. The molecule has 122 valence electrons. The summed E-state index contributed by atoms with van der Waals surface area (Å²) in [5.74, 6) is -2.48. The molecule has 0 aromatic heterocycles. The molecule has 0 heterocycles. The van der Waals surface area contributed by atoms with Crippen LogP contribution in [0, 0.1) is 17.2 Å². The standard InChI is InChI=1S/C17H20N2O4/c1-10(2)19-17(22)15(9-18)16(21)12(4)23-14-7-5-6-13(8-14)11(3)20/h5-8,10,12,15H,1-4H3,(H,19,22)/t12-,15+/m1/s1. The average Bonchev–Trinajstić information content (AvgIpc) is 2.47. The molecular weight excluding hydrogens is 296 g/mol. The molecule has 0 unspecified atom stereocenters. The van der Waals surface area contributed by atoms with Crippen molar-refractivity contribution in [2.75, 3.05) is 0 Å². The summed E-state index contributed by atoms with van der Waals surface area (Å²) in [5.41, 5.74) is 0.455. The van der Waals surface area contributed by atoms with Crippen molar-refractivity contribution in [1.29, 1.82) is 5.26 Å². The summed E-state index contributed by atoms with van der Waals surface area (Å²) in [7, 11) is 0. The predicted molar refractivity (Wildman–Crippen MR) is 83.9 cm³/mol. The minimum Gasteiger partial charge on any atom is -0.483 e. The van der Waals surface area contributed by atoms with E-state index in [-0.39, 0.29) is 11.8 Å². The highest BCUT2D eigenvalue weighted by Crippen LogP contribution is 2.17. The number of carbonyl (C=O) groups is 3. The second kappa shape index (κ2) is 8.08. The summed E-state index contributed by atoms with van der Waals surface area (Å²) in [6, 6.07) is 7.92. The van der Waals surface area contributed by atoms with Crippen molar-refractivity contribution < 1.29 is 19.1 Å². The van der Waals surface area contributed by atoms with E-state index in [1.165, 1.54) is 19.9 Å². The van der Waals surface area contributed by atoms with Gasteiger partial charge in [-0.1, -0.05) is 12.1 Å². The van der Waals surface area contributed by atoms with E-state index in [0.29, 0.717) is 11.3 Å². The molecule has 2 atom stereocenters. The fourth-order valence-electron chi connectivity index (χ4n) is 1.90. The number of ketones is 2. The van der Waals surface area contributed by atoms with Gasteiger partial charge in [-0.05, 0) is 39.8 Å². The number of rotatable bonds is 7. The second-order valence-electron chi connectivity index (χ2n) is 5.47. The fraction of sp³-hybridized carbons (Fsp3) is 0.412. The molecule has 1 N–H and O–H groups in total. The van der Waals surface area contributed by atoms with Crippen LogP contribution in [0.5, 0.6) is 5.75 Å². The van der Waals surface area contributed by atoms with Crippen molar-refractivity contribution in [3.63, 3.8) is 0 Å². The van der Waals surface area contributed by atoms with E-state index < -0.39 is 23.7 Å². The lowest BCUT2D eigenvalue weighted by Gasteiger charge is -2.17. The second-order valence-corrected chi connectivity index (χ2v) is 5.47. The fourth-order valence-corrected chi connectivity index (χ4v) is 1.90. The number of ether oxygens (including phenoxy) is 1. The summed E-state index contributed by atoms with van der Waals surface area (Å²) in [4.78, 5) is 35.5. The number of nitriles is 1. The van der Waals surface area contributed by atoms with Gasteiger partial charge in [0.15, 0.2) is 23.6 Å². The van der Waals surface area contributed by atoms with Crippen LogP contribution in [0.3, 0.4) is 0 Å². The molecule has 0 aliphatic heterocycles. The van der Waals surface area contributed by atoms with Gasteiger partial charge in [0.2, 0.25) is 5.91 Å². The number of benzene rings is 1. The van der Waals surface area contributed by atoms with E-state index in [1.54, 1.807) is 38.1 Å². The predicted octanol–water partition coefficient (Wildman–Crippen LogP) is 1.89. The Morgan fingerprint density at radius 1 is 1.22 bits per heavy atom. The summed E-state index contributed by atoms with van der Waals surface area (Å²) in [6.45, 7) is 6.37. The number of hydrogen-bond acceptors (Lipinski definition) is 5. The zero-order valence-corrected chi connectivity index (χ0v) is 13.6. The van der Waals surface area contributed by atoms with Crippen molar-refractivity contribution in [2.24, 2.45) is 5.92 Å². The molecule has 6 heteroatoms. The molecule has 0 spiro atoms. The van der Waals surface area contributed by atoms with Crippen molar-refractivity contribution in [1.82, 2.24) is 5.32 Å². The summed E-state index contributed by atoms with van der Waals surface area (Å²) >= 11 is 0. The van der Waals surface area contributed by atoms with Gasteiger partial charge in [-0.15, -0.1) is 0 Å². The Balaban J connectivity index is 2.83. The SMILES string of the molecule is CC(=O)c1cccc(O[C@H](C)C(=O)[C@H](C#N)C(=O)NC(C)C)c1. The first-order chi connectivity index (χ1) is 10.8. The molecule has 6 nitrogen and oxygen atoms in total. The Morgan fingerprint density at radius 3 is 2.39 bits per heavy atom. The Hall–Kier alpha value is -2.68. The molecule has 0 radical (unpaired) electrons. The lowest BCUT2D eigenvalue weighted by molar-refractivity contribution is -0.135. The number of carbonyl (C=O) groups excluding carboxylic acids is 3. The monoisotopic (exact) mass is 316 g/mol. The van der Waals surface area contributed by atoms with E-state index >= 15 is 0 Å². The van der Waals surface area contributed by atoms with Crippen LogP contribution in [0.2, 0.25) is 0 Å². The smallest absolute Gasteiger partial charge is 0.245 e. The lowest BCUT2D eigenvalue weighted by atomic mass is 10.0. The van der Waals surface area contributed by atoms with E-state index in [2.05, 4.69) is 5.32 Å². The number of Topliss-reactive ketones (excluding diaryl/α,β-unsaturated/α-hetero) is 2. The van der Waals surface area contributed by atoms with E-state index in [0.717, 1.165) is 0 Å². The molecule has 0 aliphatic carbocycles. The van der Waals surface area contributed by atoms with Gasteiger partial charge in [0, 0.05) is 11.6 Å². The van der Waals surface area contributed by atoms with E-state index in [4.69, 9.17) is 10.00 Å². The Morgan fingerprint density at radius 2 is 1.87 bits per heavy atom. The lowest BCUT2D eigenvalue weighted by Crippen LogP contribution is -2.42. The molecule has 0 saturated carbocycles. The van der Waals surface area contributed by atoms with Crippen LogP contribution in [0.1, 0.15) is 38.1 Å². The van der Waals surface area contributed by atoms with Gasteiger partial charge in [-0.3, -0.25) is 14.4 Å². The highest BCUT2D eigenvalue weighted by molar-refractivity contribution is 6.05. The topological polar surface area (TPSA) is 96.3 Å². The Bertz CT molecular complexity index is 646. The quantitative estimate of drug-likeness (QED) is 0.612. The summed E-state index contributed by atoms with van der Waals surface area (Å²) < 4.78 is 5.47. The molecular formula is C17H20N2O4. The van der Waals surface area contributed by atoms with Crippen LogP contribution in [-0.4, -0.2) is 29.6 Å². The van der Waals surface area contributed by atoms with Gasteiger partial charge in [0.25, 0.3) is 0 Å². The molecule has 23 heavy (non-hydrogen) atoms. The van der Waals surface area contributed by atoms with Gasteiger partial charge < -0.3 is 10.1 Å². The zero-order chi connectivity index (χ0) is 17.6. The Labute approximate surface area is 135 Å². The Kier molecular flexibility index (Phi) is 6.46. The number of nitrogens with zero attached hydrogens (tertiary/aromatic N) is 1. The van der Waals surface area contributed by atoms with Crippen LogP contribution >= 0.6 is 0 Å². The highest BCUT2D eigenvalue weighted by Gasteiger charge is 2.31. The van der Waals surface area contributed by atoms with Crippen LogP contribution in [0.4, 0.5) is 0 Å². The molecule has 0 bridgehead atoms. The average molecular weight is 316 g/mol. The number of nitrogens with one attached hydrogen (secondary N) is 1. The first-order valence-corrected chi connectivity index (χ1v) is 7.27. The summed E-state index contributed by atoms with van der Waals surface area (Å²) in [5, 5.41) is 11.6. The van der Waals surface area contributed by atoms with Crippen LogP contribution in [0.25, 0.3) is 0 Å². The minimum atomic E-state index is -1.43. The van der Waals surface area contributed by atoms with Gasteiger partial charge in [0.05, 0.1) is 6.07 Å². The maximum Gasteiger partial charge on any atom is 0.245 e. The van der Waals surface area contributed by atoms with Crippen molar-refractivity contribution in [2.45, 2.75) is 39.8 Å². The molecule has 1 aromatic carbocycles. The molecule has 0 aliphatic rings. The first kappa shape index (κ1) is 18.4. The maximum atomic E-state index is 12.2. The van der Waals surface area contributed by atoms with Gasteiger partial charge in [-0.25, -0.2) is 0 Å². The molecule has 0 saturated heterocycles. The number of hydrogen-bond donors (Lipinski definition) is 1. The minimum absolute atomic E-state index is 0.124. The van der Waals surface area contributed by atoms with Gasteiger partial charge in [0.1, 0.15) is 5.75 Å². The highest BCUT2D eigenvalue weighted by atomic mass is 16.5. The van der Waals surface area contributed by atoms with E-state index in [1.807, 2.05) is 0 Å². The van der Waals surface area contributed by atoms with Gasteiger partial charge in [-0.2, -0.15) is 5.26 Å². The molecule has 0 fully saturated rings. The molecule has 1 amide bonds. The summed E-state index contributed by atoms with van der Waals surface area (Å²) in [6.07, 6.45) is -0.986. The molecule has 1 aromatic rings. The third-order valence-corrected chi connectivity index (χ3v) is 3.06. The number of amides is 1. The largest absolute Gasteiger partial charge is 0.483 e. The zero-order valence-electron chi connectivity index (χ0n) is 13.6. The molecule has 1 rings (SSSR count). The van der Waals surface area contributed by atoms with Crippen LogP contribution in [-0.2, 0) is 9.59 Å². The van der Waals surface area contributed by atoms with Crippen LogP contribution in [0.15, 0.2) is 24.3 Å². The van der Waals surface area contributed by atoms with Crippen molar-refractivity contribution >= 4 is 17.5 Å². The van der Waals surface area contributed by atoms with Crippen LogP contribution < -0.4 is 10.1 Å².